The predicted octanol–water partition coefficient (Wildman–Crippen LogP) is 8.90. The third-order valence-electron chi connectivity index (χ3n) is 21.5. The molecular weight excluding hydrogens is 711 g/mol. The lowest BCUT2D eigenvalue weighted by Crippen LogP contribution is -2.72. The first kappa shape index (κ1) is 39.3. The maximum absolute atomic E-state index is 4.38. The van der Waals surface area contributed by atoms with Gasteiger partial charge in [0.1, 0.15) is 0 Å². The Morgan fingerprint density at radius 3 is 0.983 bits per heavy atom. The first-order chi connectivity index (χ1) is 28.8. The van der Waals surface area contributed by atoms with Crippen LogP contribution in [0.4, 0.5) is 0 Å². The number of hydrogen-bond donors (Lipinski definition) is 5. The van der Waals surface area contributed by atoms with Gasteiger partial charge in [0.25, 0.3) is 0 Å². The van der Waals surface area contributed by atoms with Crippen molar-refractivity contribution in [2.75, 3.05) is 13.3 Å². The summed E-state index contributed by atoms with van der Waals surface area (Å²) >= 11 is 0. The van der Waals surface area contributed by atoms with Crippen LogP contribution in [-0.2, 0) is 0 Å². The minimum atomic E-state index is 0.485. The van der Waals surface area contributed by atoms with Gasteiger partial charge in [-0.1, -0.05) is 70.6 Å². The fraction of sp³-hybridized carbons (Fsp3) is 1.00. The lowest BCUT2D eigenvalue weighted by atomic mass is 9.54. The van der Waals surface area contributed by atoms with Crippen LogP contribution in [0.2, 0.25) is 0 Å². The monoisotopic (exact) mass is 798 g/mol. The Morgan fingerprint density at radius 1 is 0.276 bits per heavy atom. The third kappa shape index (κ3) is 7.06. The average molecular weight is 798 g/mol. The second-order valence-electron chi connectivity index (χ2n) is 23.7. The van der Waals surface area contributed by atoms with Crippen molar-refractivity contribution in [2.45, 2.75) is 241 Å². The maximum Gasteiger partial charge on any atom is 0.0624 e. The molecule has 326 valence electrons. The van der Waals surface area contributed by atoms with Gasteiger partial charge in [0.05, 0.1) is 18.5 Å². The van der Waals surface area contributed by atoms with Gasteiger partial charge in [-0.25, -0.2) is 0 Å². The Kier molecular flexibility index (Phi) is 11.5. The van der Waals surface area contributed by atoms with Crippen molar-refractivity contribution in [1.82, 2.24) is 36.4 Å². The fourth-order valence-electron chi connectivity index (χ4n) is 19.0. The van der Waals surface area contributed by atoms with Gasteiger partial charge in [0, 0.05) is 49.6 Å². The summed E-state index contributed by atoms with van der Waals surface area (Å²) in [4.78, 5) is 6.22. The first-order valence-electron chi connectivity index (χ1n) is 27.0. The van der Waals surface area contributed by atoms with Crippen molar-refractivity contribution >= 4 is 0 Å². The SMILES string of the molecule is C1CCC(C2NC(C3CCC(N4CNC5C6CCCCC6C6CCCCC6C54)CC3)NC(C3CCC(N4CNC5C6CCCCC6C6CCCCC6C54)CC3)N2)CC1. The quantitative estimate of drug-likeness (QED) is 0.191. The molecule has 3 heterocycles. The summed E-state index contributed by atoms with van der Waals surface area (Å²) in [6.45, 7) is 2.37. The van der Waals surface area contributed by atoms with Crippen LogP contribution in [0.25, 0.3) is 0 Å². The Labute approximate surface area is 354 Å². The Bertz CT molecular complexity index is 1280. The molecule has 3 saturated heterocycles. The molecule has 9 aliphatic carbocycles. The largest absolute Gasteiger partial charge is 0.300 e. The van der Waals surface area contributed by atoms with Gasteiger partial charge in [-0.2, -0.15) is 0 Å². The molecule has 0 aromatic carbocycles. The summed E-state index contributed by atoms with van der Waals surface area (Å²) < 4.78 is 0. The molecule has 12 rings (SSSR count). The predicted molar refractivity (Wildman–Crippen MR) is 235 cm³/mol. The number of hydrogen-bond acceptors (Lipinski definition) is 7. The smallest absolute Gasteiger partial charge is 0.0624 e. The maximum atomic E-state index is 4.38. The summed E-state index contributed by atoms with van der Waals surface area (Å²) in [5.74, 6) is 10.4. The zero-order chi connectivity index (χ0) is 38.2. The second-order valence-corrected chi connectivity index (χ2v) is 23.7. The second kappa shape index (κ2) is 17.0. The average Bonchev–Trinajstić information content (AvgIpc) is 3.96. The van der Waals surface area contributed by atoms with Gasteiger partial charge in [-0.05, 0) is 181 Å². The zero-order valence-corrected chi connectivity index (χ0v) is 36.9. The molecule has 7 nitrogen and oxygen atoms in total. The highest BCUT2D eigenvalue weighted by atomic mass is 15.4. The normalized spacial score (nSPS) is 53.1. The number of nitrogens with one attached hydrogen (secondary N) is 5. The van der Waals surface area contributed by atoms with Gasteiger partial charge >= 0.3 is 0 Å². The summed E-state index contributed by atoms with van der Waals surface area (Å²) in [7, 11) is 0. The molecule has 0 aromatic rings. The molecule has 0 radical (unpaired) electrons. The molecule has 58 heavy (non-hydrogen) atoms. The van der Waals surface area contributed by atoms with Gasteiger partial charge in [-0.3, -0.25) is 36.4 Å². The van der Waals surface area contributed by atoms with Crippen LogP contribution in [-0.4, -0.2) is 77.9 Å². The van der Waals surface area contributed by atoms with Crippen molar-refractivity contribution in [3.63, 3.8) is 0 Å². The van der Waals surface area contributed by atoms with Crippen molar-refractivity contribution in [1.29, 1.82) is 0 Å². The van der Waals surface area contributed by atoms with Crippen LogP contribution in [0.1, 0.15) is 186 Å². The van der Waals surface area contributed by atoms with Crippen molar-refractivity contribution in [2.24, 2.45) is 65.1 Å². The lowest BCUT2D eigenvalue weighted by Gasteiger charge is -2.56. The molecule has 12 fully saturated rings. The number of nitrogens with zero attached hydrogens (tertiary/aromatic N) is 2. The van der Waals surface area contributed by atoms with E-state index in [9.17, 15) is 0 Å². The molecule has 0 amide bonds. The van der Waals surface area contributed by atoms with Gasteiger partial charge in [-0.15, -0.1) is 0 Å². The number of fused-ring (bicyclic) bond motifs is 12. The first-order valence-corrected chi connectivity index (χ1v) is 27.0. The van der Waals surface area contributed by atoms with E-state index in [1.54, 1.807) is 25.7 Å². The molecule has 0 bridgehead atoms. The molecule has 9 saturated carbocycles. The highest BCUT2D eigenvalue weighted by molar-refractivity contribution is 5.12. The van der Waals surface area contributed by atoms with Crippen LogP contribution >= 0.6 is 0 Å². The highest BCUT2D eigenvalue weighted by Gasteiger charge is 2.58. The molecule has 0 spiro atoms. The van der Waals surface area contributed by atoms with E-state index in [1.165, 1.54) is 174 Å². The minimum absolute atomic E-state index is 0.485. The summed E-state index contributed by atoms with van der Waals surface area (Å²) in [5, 5.41) is 21.5. The standard InChI is InChI=1S/C51H87N7/c1-2-12-32(13-3-1)49-54-50(33-22-26-35(27-23-33)57-30-52-45-41-18-8-4-14-37(41)39-16-6-10-20-43(39)47(45)57)56-51(55-49)34-24-28-36(29-25-34)58-31-53-46-42-19-9-5-15-38(42)40-17-7-11-21-44(40)48(46)58/h32-56H,1-31H2. The van der Waals surface area contributed by atoms with Gasteiger partial charge in [0.2, 0.25) is 0 Å². The highest BCUT2D eigenvalue weighted by Crippen LogP contribution is 2.56. The molecule has 12 aliphatic rings. The molecule has 3 aliphatic heterocycles. The van der Waals surface area contributed by atoms with Crippen LogP contribution in [0.3, 0.4) is 0 Å². The number of rotatable bonds is 5. The Morgan fingerprint density at radius 2 is 0.586 bits per heavy atom. The van der Waals surface area contributed by atoms with E-state index in [4.69, 9.17) is 0 Å². The van der Waals surface area contributed by atoms with Crippen LogP contribution < -0.4 is 26.6 Å². The fourth-order valence-corrected chi connectivity index (χ4v) is 19.0. The van der Waals surface area contributed by atoms with E-state index in [2.05, 4.69) is 36.4 Å². The third-order valence-corrected chi connectivity index (χ3v) is 21.5. The zero-order valence-electron chi connectivity index (χ0n) is 36.9. The minimum Gasteiger partial charge on any atom is -0.300 e. The van der Waals surface area contributed by atoms with E-state index in [-0.39, 0.29) is 0 Å². The molecule has 7 heteroatoms. The molecule has 14 unspecified atom stereocenters. The Balaban J connectivity index is 0.703. The molecular formula is C51H87N7. The van der Waals surface area contributed by atoms with E-state index in [0.29, 0.717) is 18.5 Å². The lowest BCUT2D eigenvalue weighted by molar-refractivity contribution is -0.0485. The van der Waals surface area contributed by atoms with Crippen LogP contribution in [0.5, 0.6) is 0 Å². The van der Waals surface area contributed by atoms with Gasteiger partial charge < -0.3 is 0 Å². The topological polar surface area (TPSA) is 66.6 Å². The van der Waals surface area contributed by atoms with E-state index in [1.807, 2.05) is 0 Å². The van der Waals surface area contributed by atoms with Crippen LogP contribution in [0.15, 0.2) is 0 Å². The van der Waals surface area contributed by atoms with Crippen LogP contribution in [0, 0.1) is 65.1 Å². The van der Waals surface area contributed by atoms with E-state index < -0.39 is 0 Å². The van der Waals surface area contributed by atoms with Crippen molar-refractivity contribution < 1.29 is 0 Å². The summed E-state index contributed by atoms with van der Waals surface area (Å²) in [6.07, 6.45) is 44.3. The van der Waals surface area contributed by atoms with E-state index in [0.717, 1.165) is 101 Å². The molecule has 5 N–H and O–H groups in total. The summed E-state index contributed by atoms with van der Waals surface area (Å²) in [6, 6.07) is 4.87. The van der Waals surface area contributed by atoms with Gasteiger partial charge in [0.15, 0.2) is 0 Å². The van der Waals surface area contributed by atoms with Crippen molar-refractivity contribution in [3.05, 3.63) is 0 Å². The van der Waals surface area contributed by atoms with Crippen molar-refractivity contribution in [3.8, 4) is 0 Å². The molecule has 0 aromatic heterocycles. The molecule has 14 atom stereocenters. The summed E-state index contributed by atoms with van der Waals surface area (Å²) in [5.41, 5.74) is 0. The van der Waals surface area contributed by atoms with E-state index >= 15 is 0 Å². The Hall–Kier alpha value is -0.280.